The standard InChI is InChI=1S/C26H34O11/c1-10(2)6-15(28)37-18-20-25-9-35-26(20,23(33)34-5)21(31)17(30)19(25)24(4)8-13(27)16(29)11(3)12(24)7-14(25)36-22(18)32/h10,12,14,17-21,29-31H,6-9H2,1-5H3/t12-,14+,17-,18+,19+,20-,21+,24+,25-,26+/m1/s1. The van der Waals surface area contributed by atoms with Gasteiger partial charge in [0.15, 0.2) is 11.5 Å². The molecule has 2 saturated carbocycles. The second-order valence-electron chi connectivity index (χ2n) is 11.9. The molecule has 2 saturated heterocycles. The van der Waals surface area contributed by atoms with Crippen molar-refractivity contribution in [3.63, 3.8) is 0 Å². The lowest BCUT2D eigenvalue weighted by Gasteiger charge is -2.67. The summed E-state index contributed by atoms with van der Waals surface area (Å²) < 4.78 is 22.6. The molecule has 10 atom stereocenters. The number of ether oxygens (including phenoxy) is 4. The van der Waals surface area contributed by atoms with Crippen molar-refractivity contribution in [2.24, 2.45) is 34.5 Å². The molecule has 3 N–H and O–H groups in total. The highest BCUT2D eigenvalue weighted by Gasteiger charge is 2.85. The zero-order chi connectivity index (χ0) is 27.2. The number of carbonyl (C=O) groups excluding carboxylic acids is 4. The number of hydrogen-bond acceptors (Lipinski definition) is 11. The van der Waals surface area contributed by atoms with E-state index in [9.17, 15) is 34.5 Å². The van der Waals surface area contributed by atoms with Gasteiger partial charge < -0.3 is 34.3 Å². The van der Waals surface area contributed by atoms with Crippen LogP contribution in [0.15, 0.2) is 11.3 Å². The minimum absolute atomic E-state index is 0.00513. The van der Waals surface area contributed by atoms with Gasteiger partial charge >= 0.3 is 17.9 Å². The van der Waals surface area contributed by atoms with Crippen molar-refractivity contribution in [2.75, 3.05) is 13.7 Å². The second kappa shape index (κ2) is 8.25. The van der Waals surface area contributed by atoms with Gasteiger partial charge in [-0.25, -0.2) is 9.59 Å². The lowest BCUT2D eigenvalue weighted by molar-refractivity contribution is -0.290. The van der Waals surface area contributed by atoms with E-state index in [2.05, 4.69) is 0 Å². The third-order valence-corrected chi connectivity index (χ3v) is 9.67. The first-order valence-electron chi connectivity index (χ1n) is 12.7. The molecular weight excluding hydrogens is 488 g/mol. The highest BCUT2D eigenvalue weighted by Crippen LogP contribution is 2.72. The van der Waals surface area contributed by atoms with E-state index in [4.69, 9.17) is 18.9 Å². The molecule has 0 aromatic rings. The van der Waals surface area contributed by atoms with E-state index >= 15 is 0 Å². The Morgan fingerprint density at radius 1 is 1.19 bits per heavy atom. The predicted molar refractivity (Wildman–Crippen MR) is 123 cm³/mol. The molecule has 2 bridgehead atoms. The number of rotatable bonds is 4. The summed E-state index contributed by atoms with van der Waals surface area (Å²) in [5.41, 5.74) is -4.05. The Labute approximate surface area is 214 Å². The van der Waals surface area contributed by atoms with Crippen molar-refractivity contribution >= 4 is 23.7 Å². The van der Waals surface area contributed by atoms with Crippen LogP contribution in [-0.2, 0) is 38.1 Å². The summed E-state index contributed by atoms with van der Waals surface area (Å²) in [7, 11) is 1.10. The maximum absolute atomic E-state index is 13.4. The average Bonchev–Trinajstić information content (AvgIpc) is 3.12. The summed E-state index contributed by atoms with van der Waals surface area (Å²) in [4.78, 5) is 52.3. The van der Waals surface area contributed by atoms with E-state index in [-0.39, 0.29) is 37.5 Å². The number of ketones is 1. The van der Waals surface area contributed by atoms with Crippen molar-refractivity contribution in [3.05, 3.63) is 11.3 Å². The average molecular weight is 523 g/mol. The van der Waals surface area contributed by atoms with E-state index in [1.807, 2.05) is 13.8 Å². The van der Waals surface area contributed by atoms with Crippen LogP contribution in [0.2, 0.25) is 0 Å². The Morgan fingerprint density at radius 2 is 1.86 bits per heavy atom. The summed E-state index contributed by atoms with van der Waals surface area (Å²) in [5, 5.41) is 33.6. The molecular formula is C26H34O11. The first-order valence-corrected chi connectivity index (χ1v) is 12.7. The van der Waals surface area contributed by atoms with Gasteiger partial charge in [-0.3, -0.25) is 9.59 Å². The van der Waals surface area contributed by atoms with E-state index < -0.39 is 82.3 Å². The number of methoxy groups -OCH3 is 1. The van der Waals surface area contributed by atoms with Gasteiger partial charge in [0.2, 0.25) is 11.7 Å². The molecule has 0 amide bonds. The molecule has 4 fully saturated rings. The third-order valence-electron chi connectivity index (χ3n) is 9.67. The normalized spacial score (nSPS) is 46.2. The summed E-state index contributed by atoms with van der Waals surface area (Å²) in [6.45, 7) is 6.84. The maximum atomic E-state index is 13.4. The predicted octanol–water partition coefficient (Wildman–Crippen LogP) is 0.597. The van der Waals surface area contributed by atoms with Crippen LogP contribution < -0.4 is 0 Å². The van der Waals surface area contributed by atoms with Gasteiger partial charge in [0, 0.05) is 24.2 Å². The van der Waals surface area contributed by atoms with Gasteiger partial charge in [0.25, 0.3) is 0 Å². The van der Waals surface area contributed by atoms with Crippen LogP contribution in [0.3, 0.4) is 0 Å². The van der Waals surface area contributed by atoms with Crippen molar-refractivity contribution in [2.45, 2.75) is 77.0 Å². The molecule has 5 aliphatic rings. The van der Waals surface area contributed by atoms with E-state index in [0.29, 0.717) is 5.57 Å². The SMILES string of the molecule is COC(=O)[C@@]12OC[C@@]34[C@H](C[C@@H]5C(C)=C(O)C(=O)C[C@]5(C)[C@@H]3[C@@H](O)[C@@H]1O)OC(=O)[C@@H](OC(=O)CC(C)C)[C@@H]24. The molecule has 37 heavy (non-hydrogen) atoms. The molecule has 11 heteroatoms. The minimum atomic E-state index is -2.19. The molecule has 3 aliphatic carbocycles. The lowest BCUT2D eigenvalue weighted by atomic mass is 9.38. The first kappa shape index (κ1) is 26.1. The number of hydrogen-bond donors (Lipinski definition) is 3. The number of fused-ring (bicyclic) bond motifs is 2. The van der Waals surface area contributed by atoms with Crippen molar-refractivity contribution in [1.29, 1.82) is 0 Å². The molecule has 0 aromatic carbocycles. The van der Waals surface area contributed by atoms with Crippen LogP contribution in [0.25, 0.3) is 0 Å². The van der Waals surface area contributed by atoms with E-state index in [1.54, 1.807) is 13.8 Å². The highest BCUT2D eigenvalue weighted by molar-refractivity contribution is 5.95. The number of Topliss-reactive ketones (excluding diaryl/α,β-unsaturated/α-hetero) is 1. The molecule has 0 unspecified atom stereocenters. The summed E-state index contributed by atoms with van der Waals surface area (Å²) >= 11 is 0. The van der Waals surface area contributed by atoms with Gasteiger partial charge in [-0.15, -0.1) is 0 Å². The third kappa shape index (κ3) is 3.10. The topological polar surface area (TPSA) is 166 Å². The Kier molecular flexibility index (Phi) is 5.82. The second-order valence-corrected chi connectivity index (χ2v) is 11.9. The number of allylic oxidation sites excluding steroid dienone is 2. The maximum Gasteiger partial charge on any atom is 0.348 e. The Bertz CT molecular complexity index is 1100. The van der Waals surface area contributed by atoms with Gasteiger partial charge in [-0.1, -0.05) is 20.8 Å². The van der Waals surface area contributed by atoms with Crippen molar-refractivity contribution in [1.82, 2.24) is 0 Å². The van der Waals surface area contributed by atoms with E-state index in [0.717, 1.165) is 7.11 Å². The molecule has 0 aromatic heterocycles. The molecule has 5 rings (SSSR count). The van der Waals surface area contributed by atoms with Crippen LogP contribution in [0.5, 0.6) is 0 Å². The van der Waals surface area contributed by atoms with Crippen LogP contribution in [-0.4, -0.2) is 82.7 Å². The first-order chi connectivity index (χ1) is 17.3. The summed E-state index contributed by atoms with van der Waals surface area (Å²) in [5.74, 6) is -6.09. The number of carbonyl (C=O) groups is 4. The fourth-order valence-electron chi connectivity index (χ4n) is 8.38. The molecule has 2 aliphatic heterocycles. The van der Waals surface area contributed by atoms with Crippen molar-refractivity contribution in [3.8, 4) is 0 Å². The Morgan fingerprint density at radius 3 is 2.49 bits per heavy atom. The smallest absolute Gasteiger partial charge is 0.348 e. The summed E-state index contributed by atoms with van der Waals surface area (Å²) in [6.07, 6.45) is -5.87. The molecule has 204 valence electrons. The number of esters is 3. The molecule has 2 heterocycles. The number of aliphatic hydroxyl groups excluding tert-OH is 3. The monoisotopic (exact) mass is 522 g/mol. The fourth-order valence-corrected chi connectivity index (χ4v) is 8.38. The largest absolute Gasteiger partial charge is 0.504 e. The zero-order valence-electron chi connectivity index (χ0n) is 21.6. The summed E-state index contributed by atoms with van der Waals surface area (Å²) in [6, 6.07) is 0. The van der Waals surface area contributed by atoms with Gasteiger partial charge in [-0.2, -0.15) is 0 Å². The molecule has 11 nitrogen and oxygen atoms in total. The lowest BCUT2D eigenvalue weighted by Crippen LogP contribution is -2.79. The minimum Gasteiger partial charge on any atom is -0.504 e. The Balaban J connectivity index is 1.72. The number of aliphatic hydroxyl groups is 3. The van der Waals surface area contributed by atoms with Crippen molar-refractivity contribution < 1.29 is 53.4 Å². The zero-order valence-corrected chi connectivity index (χ0v) is 21.6. The van der Waals surface area contributed by atoms with Crippen LogP contribution >= 0.6 is 0 Å². The van der Waals surface area contributed by atoms with Gasteiger partial charge in [-0.05, 0) is 36.2 Å². The van der Waals surface area contributed by atoms with Gasteiger partial charge in [0.05, 0.1) is 25.7 Å². The van der Waals surface area contributed by atoms with Crippen LogP contribution in [0.4, 0.5) is 0 Å². The quantitative estimate of drug-likeness (QED) is 0.349. The van der Waals surface area contributed by atoms with Gasteiger partial charge in [0.1, 0.15) is 12.2 Å². The van der Waals surface area contributed by atoms with Crippen LogP contribution in [0, 0.1) is 34.5 Å². The van der Waals surface area contributed by atoms with Crippen LogP contribution in [0.1, 0.15) is 47.0 Å². The highest BCUT2D eigenvalue weighted by atomic mass is 16.6. The van der Waals surface area contributed by atoms with E-state index in [1.165, 1.54) is 0 Å². The fraction of sp³-hybridized carbons (Fsp3) is 0.769. The Hall–Kier alpha value is -2.50. The molecule has 1 spiro atoms. The molecule has 0 radical (unpaired) electrons.